The Hall–Kier alpha value is -2.18. The molecule has 0 saturated carbocycles. The molecule has 0 unspecified atom stereocenters. The molecule has 1 N–H and O–H groups in total. The molecule has 1 heterocycles. The van der Waals surface area contributed by atoms with Crippen LogP contribution in [0.2, 0.25) is 0 Å². The van der Waals surface area contributed by atoms with Gasteiger partial charge in [0.05, 0.1) is 4.90 Å². The molecule has 26 heavy (non-hydrogen) atoms. The molecule has 1 aliphatic heterocycles. The molecule has 6 heteroatoms. The number of sulfonamides is 1. The van der Waals surface area contributed by atoms with E-state index in [0.717, 1.165) is 19.3 Å². The quantitative estimate of drug-likeness (QED) is 0.877. The molecule has 1 atom stereocenters. The summed E-state index contributed by atoms with van der Waals surface area (Å²) in [6, 6.07) is 14.9. The average molecular weight is 372 g/mol. The molecule has 1 aliphatic rings. The first kappa shape index (κ1) is 18.6. The van der Waals surface area contributed by atoms with Gasteiger partial charge in [0, 0.05) is 13.1 Å². The lowest BCUT2D eigenvalue weighted by molar-refractivity contribution is -0.134. The van der Waals surface area contributed by atoms with Crippen molar-refractivity contribution in [3.63, 3.8) is 0 Å². The molecule has 0 bridgehead atoms. The van der Waals surface area contributed by atoms with E-state index in [4.69, 9.17) is 0 Å². The normalized spacial score (nSPS) is 16.3. The summed E-state index contributed by atoms with van der Waals surface area (Å²) in [7, 11) is -3.82. The van der Waals surface area contributed by atoms with Crippen molar-refractivity contribution in [2.24, 2.45) is 0 Å². The Kier molecular flexibility index (Phi) is 5.74. The minimum Gasteiger partial charge on any atom is -0.341 e. The predicted octanol–water partition coefficient (Wildman–Crippen LogP) is 3.03. The molecule has 138 valence electrons. The van der Waals surface area contributed by atoms with Gasteiger partial charge >= 0.3 is 0 Å². The second-order valence-corrected chi connectivity index (χ2v) is 8.30. The summed E-state index contributed by atoms with van der Waals surface area (Å²) >= 11 is 0. The average Bonchev–Trinajstić information content (AvgIpc) is 2.67. The Morgan fingerprint density at radius 3 is 2.23 bits per heavy atom. The van der Waals surface area contributed by atoms with Crippen molar-refractivity contribution in [3.8, 4) is 0 Å². The fourth-order valence-corrected chi connectivity index (χ4v) is 4.70. The third kappa shape index (κ3) is 4.14. The van der Waals surface area contributed by atoms with Crippen LogP contribution in [-0.4, -0.2) is 32.3 Å². The van der Waals surface area contributed by atoms with Crippen LogP contribution in [0.3, 0.4) is 0 Å². The van der Waals surface area contributed by atoms with Gasteiger partial charge in [-0.1, -0.05) is 48.5 Å². The van der Waals surface area contributed by atoms with Crippen molar-refractivity contribution < 1.29 is 13.2 Å². The summed E-state index contributed by atoms with van der Waals surface area (Å²) in [5.41, 5.74) is 1.30. The summed E-state index contributed by atoms with van der Waals surface area (Å²) in [5.74, 6) is -0.187. The Morgan fingerprint density at radius 2 is 1.58 bits per heavy atom. The zero-order valence-corrected chi connectivity index (χ0v) is 15.7. The molecule has 0 aromatic heterocycles. The van der Waals surface area contributed by atoms with Crippen molar-refractivity contribution in [3.05, 3.63) is 65.7 Å². The largest absolute Gasteiger partial charge is 0.341 e. The molecular weight excluding hydrogens is 348 g/mol. The zero-order chi connectivity index (χ0) is 18.6. The van der Waals surface area contributed by atoms with E-state index in [1.807, 2.05) is 18.2 Å². The Bertz CT molecular complexity index is 860. The van der Waals surface area contributed by atoms with Crippen molar-refractivity contribution in [2.75, 3.05) is 13.1 Å². The van der Waals surface area contributed by atoms with Crippen LogP contribution in [0.25, 0.3) is 0 Å². The molecule has 0 radical (unpaired) electrons. The summed E-state index contributed by atoms with van der Waals surface area (Å²) in [5, 5.41) is 0. The fraction of sp³-hybridized carbons (Fsp3) is 0.350. The maximum absolute atomic E-state index is 13.1. The van der Waals surface area contributed by atoms with Gasteiger partial charge < -0.3 is 4.90 Å². The molecule has 1 fully saturated rings. The molecule has 0 spiro atoms. The smallest absolute Gasteiger partial charge is 0.245 e. The number of carbonyl (C=O) groups excluding carboxylic acids is 1. The maximum atomic E-state index is 13.1. The van der Waals surface area contributed by atoms with Crippen LogP contribution >= 0.6 is 0 Å². The number of rotatable bonds is 5. The number of hydrogen-bond acceptors (Lipinski definition) is 3. The molecule has 3 rings (SSSR count). The highest BCUT2D eigenvalue weighted by molar-refractivity contribution is 7.89. The van der Waals surface area contributed by atoms with Gasteiger partial charge in [0.15, 0.2) is 0 Å². The molecule has 5 nitrogen and oxygen atoms in total. The van der Waals surface area contributed by atoms with E-state index in [9.17, 15) is 13.2 Å². The van der Waals surface area contributed by atoms with Crippen molar-refractivity contribution in [1.82, 2.24) is 9.62 Å². The van der Waals surface area contributed by atoms with E-state index in [2.05, 4.69) is 4.72 Å². The van der Waals surface area contributed by atoms with Crippen LogP contribution in [0.5, 0.6) is 0 Å². The lowest BCUT2D eigenvalue weighted by Gasteiger charge is -2.31. The van der Waals surface area contributed by atoms with Gasteiger partial charge in [0.2, 0.25) is 15.9 Å². The third-order valence-electron chi connectivity index (χ3n) is 4.70. The van der Waals surface area contributed by atoms with Crippen molar-refractivity contribution in [1.29, 1.82) is 0 Å². The van der Waals surface area contributed by atoms with E-state index in [1.54, 1.807) is 48.2 Å². The highest BCUT2D eigenvalue weighted by Crippen LogP contribution is 2.23. The standard InChI is InChI=1S/C20H24N2O3S/c1-16-10-6-7-13-18(16)26(24,25)21-19(17-11-4-2-5-12-17)20(23)22-14-8-3-9-15-22/h2,4-7,10-13,19,21H,3,8-9,14-15H2,1H3/t19-/m0/s1. The van der Waals surface area contributed by atoms with Gasteiger partial charge in [0.1, 0.15) is 6.04 Å². The Labute approximate surface area is 155 Å². The Balaban J connectivity index is 1.93. The van der Waals surface area contributed by atoms with Crippen LogP contribution < -0.4 is 4.72 Å². The van der Waals surface area contributed by atoms with E-state index in [1.165, 1.54) is 0 Å². The first-order chi connectivity index (χ1) is 12.5. The van der Waals surface area contributed by atoms with Crippen LogP contribution in [0.15, 0.2) is 59.5 Å². The molecular formula is C20H24N2O3S. The predicted molar refractivity (Wildman–Crippen MR) is 101 cm³/mol. The third-order valence-corrected chi connectivity index (χ3v) is 6.29. The first-order valence-corrected chi connectivity index (χ1v) is 10.4. The number of hydrogen-bond donors (Lipinski definition) is 1. The fourth-order valence-electron chi connectivity index (χ4n) is 3.28. The first-order valence-electron chi connectivity index (χ1n) is 8.91. The highest BCUT2D eigenvalue weighted by atomic mass is 32.2. The zero-order valence-electron chi connectivity index (χ0n) is 14.9. The van der Waals surface area contributed by atoms with Crippen LogP contribution in [0.1, 0.15) is 36.4 Å². The second kappa shape index (κ2) is 8.01. The maximum Gasteiger partial charge on any atom is 0.245 e. The number of aryl methyl sites for hydroxylation is 1. The number of nitrogens with zero attached hydrogens (tertiary/aromatic N) is 1. The minimum absolute atomic E-state index is 0.187. The van der Waals surface area contributed by atoms with Crippen molar-refractivity contribution >= 4 is 15.9 Å². The van der Waals surface area contributed by atoms with Gasteiger partial charge in [-0.15, -0.1) is 0 Å². The highest BCUT2D eigenvalue weighted by Gasteiger charge is 2.31. The summed E-state index contributed by atoms with van der Waals surface area (Å²) in [4.78, 5) is 15.1. The number of nitrogens with one attached hydrogen (secondary N) is 1. The molecule has 2 aromatic carbocycles. The monoisotopic (exact) mass is 372 g/mol. The van der Waals surface area contributed by atoms with Crippen LogP contribution in [0.4, 0.5) is 0 Å². The summed E-state index contributed by atoms with van der Waals surface area (Å²) < 4.78 is 28.5. The number of likely N-dealkylation sites (tertiary alicyclic amines) is 1. The molecule has 1 saturated heterocycles. The lowest BCUT2D eigenvalue weighted by Crippen LogP contribution is -2.45. The van der Waals surface area contributed by atoms with E-state index < -0.39 is 16.1 Å². The van der Waals surface area contributed by atoms with Gasteiger partial charge in [-0.3, -0.25) is 4.79 Å². The van der Waals surface area contributed by atoms with Crippen LogP contribution in [0, 0.1) is 6.92 Å². The number of piperidine rings is 1. The molecule has 1 amide bonds. The summed E-state index contributed by atoms with van der Waals surface area (Å²) in [6.07, 6.45) is 3.02. The Morgan fingerprint density at radius 1 is 0.962 bits per heavy atom. The summed E-state index contributed by atoms with van der Waals surface area (Å²) in [6.45, 7) is 3.10. The van der Waals surface area contributed by atoms with Crippen LogP contribution in [-0.2, 0) is 14.8 Å². The lowest BCUT2D eigenvalue weighted by atomic mass is 10.0. The van der Waals surface area contributed by atoms with Gasteiger partial charge in [-0.05, 0) is 43.4 Å². The SMILES string of the molecule is Cc1ccccc1S(=O)(=O)N[C@H](C(=O)N1CCCCC1)c1ccccc1. The van der Waals surface area contributed by atoms with E-state index in [0.29, 0.717) is 24.2 Å². The number of amides is 1. The topological polar surface area (TPSA) is 66.5 Å². The van der Waals surface area contributed by atoms with Gasteiger partial charge in [-0.25, -0.2) is 8.42 Å². The number of benzene rings is 2. The minimum atomic E-state index is -3.82. The van der Waals surface area contributed by atoms with E-state index in [-0.39, 0.29) is 10.8 Å². The van der Waals surface area contributed by atoms with Gasteiger partial charge in [-0.2, -0.15) is 4.72 Å². The molecule has 0 aliphatic carbocycles. The number of carbonyl (C=O) groups is 1. The second-order valence-electron chi connectivity index (χ2n) is 6.62. The van der Waals surface area contributed by atoms with E-state index >= 15 is 0 Å². The molecule has 2 aromatic rings. The van der Waals surface area contributed by atoms with Gasteiger partial charge in [0.25, 0.3) is 0 Å². The van der Waals surface area contributed by atoms with Crippen molar-refractivity contribution in [2.45, 2.75) is 37.1 Å².